The quantitative estimate of drug-likeness (QED) is 0.918. The molecule has 0 aliphatic heterocycles. The van der Waals surface area contributed by atoms with Gasteiger partial charge in [0.25, 0.3) is 0 Å². The van der Waals surface area contributed by atoms with Gasteiger partial charge in [-0.15, -0.1) is 0 Å². The van der Waals surface area contributed by atoms with Crippen LogP contribution in [0.4, 0.5) is 15.8 Å². The molecule has 0 amide bonds. The highest BCUT2D eigenvalue weighted by Gasteiger charge is 2.06. The van der Waals surface area contributed by atoms with E-state index < -0.39 is 5.82 Å². The number of ether oxygens (including phenoxy) is 1. The van der Waals surface area contributed by atoms with Gasteiger partial charge < -0.3 is 10.1 Å². The Hall–Kier alpha value is -2.25. The Bertz CT molecular complexity index is 652. The van der Waals surface area contributed by atoms with Gasteiger partial charge in [0, 0.05) is 11.8 Å². The number of rotatable bonds is 3. The lowest BCUT2D eigenvalue weighted by atomic mass is 10.2. The summed E-state index contributed by atoms with van der Waals surface area (Å²) < 4.78 is 18.7. The van der Waals surface area contributed by atoms with E-state index in [4.69, 9.17) is 21.6 Å². The van der Waals surface area contributed by atoms with Gasteiger partial charge in [0.2, 0.25) is 0 Å². The molecule has 2 rings (SSSR count). The van der Waals surface area contributed by atoms with E-state index in [9.17, 15) is 4.39 Å². The Balaban J connectivity index is 2.31. The zero-order valence-electron chi connectivity index (χ0n) is 10.1. The van der Waals surface area contributed by atoms with Gasteiger partial charge in [-0.05, 0) is 30.3 Å². The lowest BCUT2D eigenvalue weighted by Gasteiger charge is -2.10. The fourth-order valence-corrected chi connectivity index (χ4v) is 1.79. The summed E-state index contributed by atoms with van der Waals surface area (Å²) in [5, 5.41) is 12.0. The SMILES string of the molecule is COc1ccc(F)c(Nc2ccc(C#N)c(Cl)c2)c1. The van der Waals surface area contributed by atoms with Crippen molar-refractivity contribution in [3.8, 4) is 11.8 Å². The van der Waals surface area contributed by atoms with Gasteiger partial charge in [-0.1, -0.05) is 11.6 Å². The zero-order chi connectivity index (χ0) is 13.8. The largest absolute Gasteiger partial charge is 0.497 e. The summed E-state index contributed by atoms with van der Waals surface area (Å²) in [6, 6.07) is 11.1. The Morgan fingerprint density at radius 1 is 1.26 bits per heavy atom. The number of methoxy groups -OCH3 is 1. The lowest BCUT2D eigenvalue weighted by Crippen LogP contribution is -1.95. The molecule has 0 fully saturated rings. The molecule has 0 bridgehead atoms. The molecule has 0 spiro atoms. The minimum atomic E-state index is -0.402. The molecule has 0 aliphatic rings. The van der Waals surface area contributed by atoms with Crippen LogP contribution in [0.5, 0.6) is 5.75 Å². The minimum Gasteiger partial charge on any atom is -0.497 e. The summed E-state index contributed by atoms with van der Waals surface area (Å²) in [5.74, 6) is 0.143. The summed E-state index contributed by atoms with van der Waals surface area (Å²) in [4.78, 5) is 0. The van der Waals surface area contributed by atoms with E-state index in [1.807, 2.05) is 6.07 Å². The molecule has 96 valence electrons. The Morgan fingerprint density at radius 3 is 2.68 bits per heavy atom. The van der Waals surface area contributed by atoms with Crippen molar-refractivity contribution >= 4 is 23.0 Å². The van der Waals surface area contributed by atoms with Gasteiger partial charge in [-0.3, -0.25) is 0 Å². The van der Waals surface area contributed by atoms with Crippen LogP contribution in [0.25, 0.3) is 0 Å². The Kier molecular flexibility index (Phi) is 3.88. The second-order valence-corrected chi connectivity index (χ2v) is 4.18. The first-order valence-electron chi connectivity index (χ1n) is 5.44. The smallest absolute Gasteiger partial charge is 0.146 e. The van der Waals surface area contributed by atoms with Crippen molar-refractivity contribution in [2.45, 2.75) is 0 Å². The Morgan fingerprint density at radius 2 is 2.05 bits per heavy atom. The first-order chi connectivity index (χ1) is 9.13. The average molecular weight is 277 g/mol. The van der Waals surface area contributed by atoms with Crippen molar-refractivity contribution in [2.75, 3.05) is 12.4 Å². The van der Waals surface area contributed by atoms with E-state index in [1.54, 1.807) is 24.3 Å². The second kappa shape index (κ2) is 5.59. The van der Waals surface area contributed by atoms with Crippen LogP contribution >= 0.6 is 11.6 Å². The highest BCUT2D eigenvalue weighted by molar-refractivity contribution is 6.32. The summed E-state index contributed by atoms with van der Waals surface area (Å²) in [7, 11) is 1.51. The first-order valence-corrected chi connectivity index (χ1v) is 5.82. The molecule has 0 radical (unpaired) electrons. The molecular weight excluding hydrogens is 267 g/mol. The highest BCUT2D eigenvalue weighted by atomic mass is 35.5. The summed E-state index contributed by atoms with van der Waals surface area (Å²) in [5.41, 5.74) is 1.25. The van der Waals surface area contributed by atoms with Gasteiger partial charge >= 0.3 is 0 Å². The second-order valence-electron chi connectivity index (χ2n) is 3.78. The molecule has 2 aromatic rings. The fraction of sp³-hybridized carbons (Fsp3) is 0.0714. The van der Waals surface area contributed by atoms with Crippen LogP contribution in [0.15, 0.2) is 36.4 Å². The van der Waals surface area contributed by atoms with Crippen LogP contribution in [0.3, 0.4) is 0 Å². The van der Waals surface area contributed by atoms with Crippen molar-refractivity contribution in [3.63, 3.8) is 0 Å². The third-order valence-electron chi connectivity index (χ3n) is 2.54. The van der Waals surface area contributed by atoms with Crippen molar-refractivity contribution < 1.29 is 9.13 Å². The number of hydrogen-bond donors (Lipinski definition) is 1. The minimum absolute atomic E-state index is 0.278. The third kappa shape index (κ3) is 2.95. The molecule has 5 heteroatoms. The van der Waals surface area contributed by atoms with Crippen LogP contribution < -0.4 is 10.1 Å². The van der Waals surface area contributed by atoms with Crippen molar-refractivity contribution in [3.05, 3.63) is 52.8 Å². The maximum Gasteiger partial charge on any atom is 0.146 e. The van der Waals surface area contributed by atoms with E-state index in [0.717, 1.165) is 0 Å². The lowest BCUT2D eigenvalue weighted by molar-refractivity contribution is 0.414. The van der Waals surface area contributed by atoms with E-state index >= 15 is 0 Å². The normalized spacial score (nSPS) is 9.79. The first kappa shape index (κ1) is 13.2. The van der Waals surface area contributed by atoms with Crippen molar-refractivity contribution in [2.24, 2.45) is 0 Å². The molecule has 2 aromatic carbocycles. The number of anilines is 2. The number of nitrogens with one attached hydrogen (secondary N) is 1. The molecular formula is C14H10ClFN2O. The molecule has 0 aliphatic carbocycles. The van der Waals surface area contributed by atoms with Gasteiger partial charge in [-0.25, -0.2) is 4.39 Å². The molecule has 0 heterocycles. The molecule has 0 saturated carbocycles. The number of nitriles is 1. The van der Waals surface area contributed by atoms with Crippen LogP contribution in [-0.4, -0.2) is 7.11 Å². The molecule has 0 saturated heterocycles. The number of nitrogens with zero attached hydrogens (tertiary/aromatic N) is 1. The maximum absolute atomic E-state index is 13.6. The van der Waals surface area contributed by atoms with E-state index in [-0.39, 0.29) is 5.69 Å². The maximum atomic E-state index is 13.6. The molecule has 1 N–H and O–H groups in total. The predicted molar refractivity (Wildman–Crippen MR) is 72.4 cm³/mol. The van der Waals surface area contributed by atoms with Crippen LogP contribution in [0.1, 0.15) is 5.56 Å². The van der Waals surface area contributed by atoms with Gasteiger partial charge in [0.15, 0.2) is 0 Å². The van der Waals surface area contributed by atoms with E-state index in [2.05, 4.69) is 5.32 Å². The van der Waals surface area contributed by atoms with E-state index in [0.29, 0.717) is 22.0 Å². The number of hydrogen-bond acceptors (Lipinski definition) is 3. The molecule has 0 atom stereocenters. The fourth-order valence-electron chi connectivity index (χ4n) is 1.57. The highest BCUT2D eigenvalue weighted by Crippen LogP contribution is 2.27. The summed E-state index contributed by atoms with van der Waals surface area (Å²) >= 11 is 5.91. The van der Waals surface area contributed by atoms with Crippen LogP contribution in [-0.2, 0) is 0 Å². The monoisotopic (exact) mass is 276 g/mol. The summed E-state index contributed by atoms with van der Waals surface area (Å²) in [6.07, 6.45) is 0. The summed E-state index contributed by atoms with van der Waals surface area (Å²) in [6.45, 7) is 0. The number of halogens is 2. The molecule has 0 unspecified atom stereocenters. The van der Waals surface area contributed by atoms with Gasteiger partial charge in [0.05, 0.1) is 23.4 Å². The van der Waals surface area contributed by atoms with Crippen LogP contribution in [0, 0.1) is 17.1 Å². The molecule has 3 nitrogen and oxygen atoms in total. The zero-order valence-corrected chi connectivity index (χ0v) is 10.8. The predicted octanol–water partition coefficient (Wildman–Crippen LogP) is 4.10. The third-order valence-corrected chi connectivity index (χ3v) is 2.85. The van der Waals surface area contributed by atoms with Crippen LogP contribution in [0.2, 0.25) is 5.02 Å². The standard InChI is InChI=1S/C14H10ClFN2O/c1-19-11-4-5-13(16)14(7-11)18-10-3-2-9(8-17)12(15)6-10/h2-7,18H,1H3. The van der Waals surface area contributed by atoms with E-state index in [1.165, 1.54) is 19.2 Å². The average Bonchev–Trinajstić information content (AvgIpc) is 2.41. The van der Waals surface area contributed by atoms with Gasteiger partial charge in [0.1, 0.15) is 17.6 Å². The Labute approximate surface area is 115 Å². The number of benzene rings is 2. The molecule has 19 heavy (non-hydrogen) atoms. The van der Waals surface area contributed by atoms with Crippen molar-refractivity contribution in [1.29, 1.82) is 5.26 Å². The topological polar surface area (TPSA) is 45.0 Å². The van der Waals surface area contributed by atoms with Gasteiger partial charge in [-0.2, -0.15) is 5.26 Å². The molecule has 0 aromatic heterocycles. The van der Waals surface area contributed by atoms with Crippen molar-refractivity contribution in [1.82, 2.24) is 0 Å².